The van der Waals surface area contributed by atoms with Gasteiger partial charge in [-0.2, -0.15) is 5.10 Å². The van der Waals surface area contributed by atoms with Crippen molar-refractivity contribution in [2.45, 2.75) is 38.8 Å². The Balaban J connectivity index is 1.78. The van der Waals surface area contributed by atoms with Crippen molar-refractivity contribution in [3.05, 3.63) is 53.9 Å². The van der Waals surface area contributed by atoms with Gasteiger partial charge in [0.1, 0.15) is 5.60 Å². The minimum Gasteiger partial charge on any atom is -0.444 e. The molecule has 2 heterocycles. The van der Waals surface area contributed by atoms with Crippen molar-refractivity contribution in [1.82, 2.24) is 20.0 Å². The molecule has 1 saturated heterocycles. The molecule has 0 saturated carbocycles. The first-order chi connectivity index (χ1) is 12.3. The highest BCUT2D eigenvalue weighted by Gasteiger charge is 2.39. The van der Waals surface area contributed by atoms with E-state index in [-0.39, 0.29) is 11.6 Å². The van der Waals surface area contributed by atoms with E-state index in [1.807, 2.05) is 32.9 Å². The minimum atomic E-state index is -0.470. The summed E-state index contributed by atoms with van der Waals surface area (Å²) in [5, 5.41) is 7.30. The van der Waals surface area contributed by atoms with Gasteiger partial charge in [0.2, 0.25) is 0 Å². The number of aromatic amines is 1. The van der Waals surface area contributed by atoms with Gasteiger partial charge in [-0.15, -0.1) is 0 Å². The predicted octanol–water partition coefficient (Wildman–Crippen LogP) is 3.23. The Morgan fingerprint density at radius 2 is 1.69 bits per heavy atom. The van der Waals surface area contributed by atoms with Crippen molar-refractivity contribution in [2.24, 2.45) is 0 Å². The Hall–Kier alpha value is -2.34. The molecule has 140 valence electrons. The number of H-pyrrole nitrogens is 1. The number of hydrogen-bond donors (Lipinski definition) is 1. The Labute approximate surface area is 155 Å². The first-order valence-electron chi connectivity index (χ1n) is 9.09. The third kappa shape index (κ3) is 3.75. The van der Waals surface area contributed by atoms with Crippen LogP contribution in [0, 0.1) is 0 Å². The molecule has 1 aromatic heterocycles. The van der Waals surface area contributed by atoms with Gasteiger partial charge in [0.15, 0.2) is 0 Å². The summed E-state index contributed by atoms with van der Waals surface area (Å²) >= 11 is 0. The molecule has 1 unspecified atom stereocenters. The van der Waals surface area contributed by atoms with E-state index in [4.69, 9.17) is 4.74 Å². The fourth-order valence-corrected chi connectivity index (χ4v) is 3.46. The number of carbonyl (C=O) groups is 1. The van der Waals surface area contributed by atoms with E-state index in [1.165, 1.54) is 5.56 Å². The van der Waals surface area contributed by atoms with Crippen LogP contribution >= 0.6 is 0 Å². The summed E-state index contributed by atoms with van der Waals surface area (Å²) in [7, 11) is 0. The second kappa shape index (κ2) is 7.11. The Morgan fingerprint density at radius 3 is 2.23 bits per heavy atom. The summed E-state index contributed by atoms with van der Waals surface area (Å²) in [4.78, 5) is 16.5. The fourth-order valence-electron chi connectivity index (χ4n) is 3.46. The van der Waals surface area contributed by atoms with E-state index in [1.54, 1.807) is 11.1 Å². The molecule has 0 bridgehead atoms. The van der Waals surface area contributed by atoms with Gasteiger partial charge < -0.3 is 9.64 Å². The molecule has 1 aliphatic heterocycles. The average molecular weight is 356 g/mol. The highest BCUT2D eigenvalue weighted by molar-refractivity contribution is 5.68. The quantitative estimate of drug-likeness (QED) is 0.917. The number of nitrogens with one attached hydrogen (secondary N) is 1. The smallest absolute Gasteiger partial charge is 0.410 e. The number of ether oxygens (including phenoxy) is 1. The fraction of sp³-hybridized carbons (Fsp3) is 0.500. The van der Waals surface area contributed by atoms with Crippen LogP contribution in [0.2, 0.25) is 0 Å². The Kier molecular flexibility index (Phi) is 5.05. The Bertz CT molecular complexity index is 716. The highest BCUT2D eigenvalue weighted by Crippen LogP contribution is 2.35. The Morgan fingerprint density at radius 1 is 1.04 bits per heavy atom. The van der Waals surface area contributed by atoms with E-state index in [9.17, 15) is 4.79 Å². The SMILES string of the molecule is CC(C)(C)OC(=O)N1CCN(C(C)(c2ccccc2)c2ccn[nH]2)CC1. The number of carbonyl (C=O) groups excluding carboxylic acids is 1. The zero-order valence-corrected chi connectivity index (χ0v) is 16.0. The number of amides is 1. The van der Waals surface area contributed by atoms with Gasteiger partial charge in [0.05, 0.1) is 11.2 Å². The lowest BCUT2D eigenvalue weighted by atomic mass is 9.86. The van der Waals surface area contributed by atoms with Crippen LogP contribution < -0.4 is 0 Å². The summed E-state index contributed by atoms with van der Waals surface area (Å²) in [5.74, 6) is 0. The number of aromatic nitrogens is 2. The summed E-state index contributed by atoms with van der Waals surface area (Å²) in [6.45, 7) is 10.7. The molecule has 1 N–H and O–H groups in total. The third-order valence-corrected chi connectivity index (χ3v) is 4.92. The standard InChI is InChI=1S/C20H28N4O2/c1-19(2,3)26-18(25)23-12-14-24(15-13-23)20(4,17-10-11-21-22-17)16-8-6-5-7-9-16/h5-11H,12-15H2,1-4H3,(H,21,22). The van der Waals surface area contributed by atoms with Crippen LogP contribution in [0.5, 0.6) is 0 Å². The molecule has 0 radical (unpaired) electrons. The van der Waals surface area contributed by atoms with Crippen molar-refractivity contribution in [3.8, 4) is 0 Å². The van der Waals surface area contributed by atoms with Crippen LogP contribution in [0.4, 0.5) is 4.79 Å². The lowest BCUT2D eigenvalue weighted by Gasteiger charge is -2.45. The van der Waals surface area contributed by atoms with E-state index < -0.39 is 5.60 Å². The van der Waals surface area contributed by atoms with Crippen molar-refractivity contribution < 1.29 is 9.53 Å². The van der Waals surface area contributed by atoms with E-state index >= 15 is 0 Å². The number of benzene rings is 1. The second-order valence-electron chi connectivity index (χ2n) is 7.86. The molecule has 1 fully saturated rings. The van der Waals surface area contributed by atoms with Gasteiger partial charge in [-0.25, -0.2) is 4.79 Å². The van der Waals surface area contributed by atoms with Crippen LogP contribution in [-0.4, -0.2) is 57.9 Å². The molecule has 0 aliphatic carbocycles. The van der Waals surface area contributed by atoms with Gasteiger partial charge in [-0.1, -0.05) is 30.3 Å². The maximum Gasteiger partial charge on any atom is 0.410 e. The average Bonchev–Trinajstić information content (AvgIpc) is 3.15. The van der Waals surface area contributed by atoms with E-state index in [0.717, 1.165) is 18.8 Å². The maximum absolute atomic E-state index is 12.3. The van der Waals surface area contributed by atoms with Gasteiger partial charge in [0, 0.05) is 32.4 Å². The van der Waals surface area contributed by atoms with Crippen LogP contribution in [0.15, 0.2) is 42.6 Å². The van der Waals surface area contributed by atoms with Crippen molar-refractivity contribution in [1.29, 1.82) is 0 Å². The maximum atomic E-state index is 12.3. The summed E-state index contributed by atoms with van der Waals surface area (Å²) < 4.78 is 5.51. The van der Waals surface area contributed by atoms with Gasteiger partial charge >= 0.3 is 6.09 Å². The monoisotopic (exact) mass is 356 g/mol. The molecule has 1 aromatic carbocycles. The van der Waals surface area contributed by atoms with E-state index in [0.29, 0.717) is 13.1 Å². The van der Waals surface area contributed by atoms with Crippen molar-refractivity contribution in [2.75, 3.05) is 26.2 Å². The lowest BCUT2D eigenvalue weighted by molar-refractivity contribution is 0.00373. The lowest BCUT2D eigenvalue weighted by Crippen LogP contribution is -2.56. The molecule has 1 atom stereocenters. The number of piperazine rings is 1. The van der Waals surface area contributed by atoms with Gasteiger partial charge in [-0.05, 0) is 39.3 Å². The van der Waals surface area contributed by atoms with Crippen LogP contribution in [0.1, 0.15) is 39.0 Å². The summed E-state index contributed by atoms with van der Waals surface area (Å²) in [6, 6.07) is 12.4. The summed E-state index contributed by atoms with van der Waals surface area (Å²) in [6.07, 6.45) is 1.55. The van der Waals surface area contributed by atoms with Crippen LogP contribution in [0.25, 0.3) is 0 Å². The molecule has 6 nitrogen and oxygen atoms in total. The van der Waals surface area contributed by atoms with Crippen LogP contribution in [-0.2, 0) is 10.3 Å². The van der Waals surface area contributed by atoms with Gasteiger partial charge in [0.25, 0.3) is 0 Å². The molecule has 1 aliphatic rings. The first-order valence-corrected chi connectivity index (χ1v) is 9.09. The van der Waals surface area contributed by atoms with Crippen LogP contribution in [0.3, 0.4) is 0 Å². The molecular formula is C20H28N4O2. The van der Waals surface area contributed by atoms with Gasteiger partial charge in [-0.3, -0.25) is 10.00 Å². The zero-order valence-electron chi connectivity index (χ0n) is 16.0. The molecule has 3 rings (SSSR count). The normalized spacial score (nSPS) is 18.4. The van der Waals surface area contributed by atoms with Crippen molar-refractivity contribution >= 4 is 6.09 Å². The molecule has 2 aromatic rings. The molecule has 6 heteroatoms. The summed E-state index contributed by atoms with van der Waals surface area (Å²) in [5.41, 5.74) is 1.46. The molecule has 0 spiro atoms. The predicted molar refractivity (Wildman–Crippen MR) is 101 cm³/mol. The zero-order chi connectivity index (χ0) is 18.8. The number of rotatable bonds is 3. The number of nitrogens with zero attached hydrogens (tertiary/aromatic N) is 3. The number of hydrogen-bond acceptors (Lipinski definition) is 4. The second-order valence-corrected chi connectivity index (χ2v) is 7.86. The highest BCUT2D eigenvalue weighted by atomic mass is 16.6. The third-order valence-electron chi connectivity index (χ3n) is 4.92. The molecule has 26 heavy (non-hydrogen) atoms. The largest absolute Gasteiger partial charge is 0.444 e. The van der Waals surface area contributed by atoms with Crippen molar-refractivity contribution in [3.63, 3.8) is 0 Å². The molecule has 1 amide bonds. The topological polar surface area (TPSA) is 61.5 Å². The van der Waals surface area contributed by atoms with E-state index in [2.05, 4.69) is 46.3 Å². The first kappa shape index (κ1) is 18.5. The molecular weight excluding hydrogens is 328 g/mol. The minimum absolute atomic E-state index is 0.236.